The molecule has 0 aromatic carbocycles. The monoisotopic (exact) mass is 185 g/mol. The lowest BCUT2D eigenvalue weighted by atomic mass is 10.0. The molecule has 2 heteroatoms. The van der Waals surface area contributed by atoms with E-state index < -0.39 is 0 Å². The third-order valence-electron chi connectivity index (χ3n) is 3.27. The van der Waals surface area contributed by atoms with E-state index in [-0.39, 0.29) is 0 Å². The first kappa shape index (κ1) is 11.0. The van der Waals surface area contributed by atoms with Gasteiger partial charge in [-0.2, -0.15) is 0 Å². The number of ether oxygens (including phenoxy) is 1. The summed E-state index contributed by atoms with van der Waals surface area (Å²) in [6.07, 6.45) is 1.99. The average molecular weight is 185 g/mol. The van der Waals surface area contributed by atoms with Gasteiger partial charge in [0, 0.05) is 18.6 Å². The molecule has 0 aromatic heterocycles. The molecule has 0 aliphatic carbocycles. The highest BCUT2D eigenvalue weighted by molar-refractivity contribution is 4.83. The van der Waals surface area contributed by atoms with Crippen LogP contribution in [0.5, 0.6) is 0 Å². The first-order valence-electron chi connectivity index (χ1n) is 5.47. The van der Waals surface area contributed by atoms with Gasteiger partial charge in [-0.15, -0.1) is 0 Å². The Morgan fingerprint density at radius 1 is 1.38 bits per heavy atom. The highest BCUT2D eigenvalue weighted by Crippen LogP contribution is 2.21. The third kappa shape index (κ3) is 2.44. The second-order valence-corrected chi connectivity index (χ2v) is 4.35. The van der Waals surface area contributed by atoms with Crippen LogP contribution in [0.25, 0.3) is 0 Å². The highest BCUT2D eigenvalue weighted by atomic mass is 16.5. The van der Waals surface area contributed by atoms with Crippen molar-refractivity contribution in [3.05, 3.63) is 0 Å². The van der Waals surface area contributed by atoms with Gasteiger partial charge in [-0.1, -0.05) is 6.92 Å². The lowest BCUT2D eigenvalue weighted by Gasteiger charge is -2.44. The topological polar surface area (TPSA) is 12.5 Å². The highest BCUT2D eigenvalue weighted by Gasteiger charge is 2.31. The van der Waals surface area contributed by atoms with Gasteiger partial charge < -0.3 is 4.74 Å². The molecule has 1 rings (SSSR count). The molecule has 2 nitrogen and oxygen atoms in total. The minimum Gasteiger partial charge on any atom is -0.373 e. The number of rotatable bonds is 2. The molecule has 0 amide bonds. The van der Waals surface area contributed by atoms with Crippen LogP contribution in [0.4, 0.5) is 0 Å². The molecule has 1 aliphatic rings. The van der Waals surface area contributed by atoms with Gasteiger partial charge in [0.1, 0.15) is 0 Å². The fourth-order valence-electron chi connectivity index (χ4n) is 2.07. The first-order valence-corrected chi connectivity index (χ1v) is 5.47. The second kappa shape index (κ2) is 4.43. The number of hydrogen-bond acceptors (Lipinski definition) is 2. The summed E-state index contributed by atoms with van der Waals surface area (Å²) in [7, 11) is 0. The summed E-state index contributed by atoms with van der Waals surface area (Å²) in [6, 6.07) is 1.25. The largest absolute Gasteiger partial charge is 0.373 e. The molecule has 0 aromatic rings. The molecule has 0 spiro atoms. The SMILES string of the molecule is CCC(C)N1CC(C)OC(C)C1C. The third-order valence-corrected chi connectivity index (χ3v) is 3.27. The number of morpholine rings is 1. The summed E-state index contributed by atoms with van der Waals surface area (Å²) < 4.78 is 5.78. The van der Waals surface area contributed by atoms with E-state index in [0.717, 1.165) is 6.54 Å². The van der Waals surface area contributed by atoms with E-state index >= 15 is 0 Å². The minimum absolute atomic E-state index is 0.373. The van der Waals surface area contributed by atoms with Crippen LogP contribution in [0.3, 0.4) is 0 Å². The van der Waals surface area contributed by atoms with Crippen molar-refractivity contribution in [2.45, 2.75) is 65.3 Å². The Morgan fingerprint density at radius 2 is 2.00 bits per heavy atom. The molecule has 0 N–H and O–H groups in total. The smallest absolute Gasteiger partial charge is 0.0703 e. The van der Waals surface area contributed by atoms with Gasteiger partial charge in [-0.25, -0.2) is 0 Å². The molecule has 1 fully saturated rings. The van der Waals surface area contributed by atoms with E-state index in [0.29, 0.717) is 24.3 Å². The summed E-state index contributed by atoms with van der Waals surface area (Å²) in [5, 5.41) is 0. The molecule has 4 unspecified atom stereocenters. The zero-order valence-electron chi connectivity index (χ0n) is 9.58. The van der Waals surface area contributed by atoms with Gasteiger partial charge in [-0.3, -0.25) is 4.90 Å². The van der Waals surface area contributed by atoms with Crippen LogP contribution in [0.1, 0.15) is 41.0 Å². The van der Waals surface area contributed by atoms with Crippen LogP contribution in [0.2, 0.25) is 0 Å². The van der Waals surface area contributed by atoms with E-state index in [1.165, 1.54) is 6.42 Å². The quantitative estimate of drug-likeness (QED) is 0.654. The summed E-state index contributed by atoms with van der Waals surface area (Å²) in [5.74, 6) is 0. The zero-order chi connectivity index (χ0) is 10.0. The van der Waals surface area contributed by atoms with Crippen molar-refractivity contribution in [1.82, 2.24) is 4.90 Å². The first-order chi connectivity index (χ1) is 6.06. The Labute approximate surface area is 82.3 Å². The van der Waals surface area contributed by atoms with Crippen LogP contribution in [-0.4, -0.2) is 35.7 Å². The van der Waals surface area contributed by atoms with Crippen molar-refractivity contribution in [2.75, 3.05) is 6.54 Å². The lowest BCUT2D eigenvalue weighted by molar-refractivity contribution is -0.110. The van der Waals surface area contributed by atoms with E-state index in [1.54, 1.807) is 0 Å². The van der Waals surface area contributed by atoms with Crippen LogP contribution < -0.4 is 0 Å². The molecule has 78 valence electrons. The summed E-state index contributed by atoms with van der Waals surface area (Å²) in [4.78, 5) is 2.57. The Morgan fingerprint density at radius 3 is 2.54 bits per heavy atom. The molecular formula is C11H23NO. The summed E-state index contributed by atoms with van der Waals surface area (Å²) in [5.41, 5.74) is 0. The van der Waals surface area contributed by atoms with Crippen LogP contribution in [-0.2, 0) is 4.74 Å². The Kier molecular flexibility index (Phi) is 3.74. The van der Waals surface area contributed by atoms with Crippen molar-refractivity contribution in [3.8, 4) is 0 Å². The van der Waals surface area contributed by atoms with Crippen molar-refractivity contribution in [1.29, 1.82) is 0 Å². The maximum Gasteiger partial charge on any atom is 0.0703 e. The Bertz CT molecular complexity index is 160. The van der Waals surface area contributed by atoms with Crippen molar-refractivity contribution in [3.63, 3.8) is 0 Å². The average Bonchev–Trinajstić information content (AvgIpc) is 2.10. The molecule has 4 atom stereocenters. The summed E-state index contributed by atoms with van der Waals surface area (Å²) in [6.45, 7) is 12.3. The van der Waals surface area contributed by atoms with Crippen molar-refractivity contribution < 1.29 is 4.74 Å². The van der Waals surface area contributed by atoms with Crippen LogP contribution in [0, 0.1) is 0 Å². The lowest BCUT2D eigenvalue weighted by Crippen LogP contribution is -2.54. The number of hydrogen-bond donors (Lipinski definition) is 0. The Balaban J connectivity index is 2.60. The van der Waals surface area contributed by atoms with Gasteiger partial charge in [-0.05, 0) is 34.1 Å². The normalized spacial score (nSPS) is 39.0. The van der Waals surface area contributed by atoms with Gasteiger partial charge in [0.25, 0.3) is 0 Å². The molecule has 0 bridgehead atoms. The molecule has 1 aliphatic heterocycles. The summed E-state index contributed by atoms with van der Waals surface area (Å²) >= 11 is 0. The standard InChI is InChI=1S/C11H23NO/c1-6-8(2)12-7-9(3)13-11(5)10(12)4/h8-11H,6-7H2,1-5H3. The van der Waals surface area contributed by atoms with E-state index in [1.807, 2.05) is 0 Å². The van der Waals surface area contributed by atoms with Gasteiger partial charge >= 0.3 is 0 Å². The van der Waals surface area contributed by atoms with Gasteiger partial charge in [0.15, 0.2) is 0 Å². The van der Waals surface area contributed by atoms with E-state index in [9.17, 15) is 0 Å². The maximum atomic E-state index is 5.78. The number of nitrogens with zero attached hydrogens (tertiary/aromatic N) is 1. The van der Waals surface area contributed by atoms with E-state index in [4.69, 9.17) is 4.74 Å². The van der Waals surface area contributed by atoms with Crippen molar-refractivity contribution in [2.24, 2.45) is 0 Å². The van der Waals surface area contributed by atoms with Crippen LogP contribution >= 0.6 is 0 Å². The fourth-order valence-corrected chi connectivity index (χ4v) is 2.07. The maximum absolute atomic E-state index is 5.78. The molecule has 1 saturated heterocycles. The zero-order valence-corrected chi connectivity index (χ0v) is 9.58. The molecular weight excluding hydrogens is 162 g/mol. The predicted octanol–water partition coefficient (Wildman–Crippen LogP) is 2.28. The van der Waals surface area contributed by atoms with Gasteiger partial charge in [0.2, 0.25) is 0 Å². The van der Waals surface area contributed by atoms with E-state index in [2.05, 4.69) is 39.5 Å². The molecule has 0 radical (unpaired) electrons. The molecule has 0 saturated carbocycles. The Hall–Kier alpha value is -0.0800. The fraction of sp³-hybridized carbons (Fsp3) is 1.00. The minimum atomic E-state index is 0.373. The second-order valence-electron chi connectivity index (χ2n) is 4.35. The van der Waals surface area contributed by atoms with Gasteiger partial charge in [0.05, 0.1) is 12.2 Å². The molecule has 13 heavy (non-hydrogen) atoms. The predicted molar refractivity (Wildman–Crippen MR) is 55.9 cm³/mol. The van der Waals surface area contributed by atoms with Crippen molar-refractivity contribution >= 4 is 0 Å². The van der Waals surface area contributed by atoms with Crippen LogP contribution in [0.15, 0.2) is 0 Å². The molecule has 1 heterocycles.